The van der Waals surface area contributed by atoms with Crippen molar-refractivity contribution in [3.05, 3.63) is 11.8 Å². The second kappa shape index (κ2) is 3.81. The fraction of sp³-hybridized carbons (Fsp3) is 0.600. The Morgan fingerprint density at radius 3 is 3.27 bits per heavy atom. The van der Waals surface area contributed by atoms with E-state index >= 15 is 0 Å². The quantitative estimate of drug-likeness (QED) is 0.600. The lowest BCUT2D eigenvalue weighted by Crippen LogP contribution is -2.40. The molecule has 0 aliphatic carbocycles. The number of nitrogens with zero attached hydrogens (tertiary/aromatic N) is 2. The summed E-state index contributed by atoms with van der Waals surface area (Å²) >= 11 is 0. The predicted molar refractivity (Wildman–Crippen MR) is 50.4 cm³/mol. The number of rotatable bonds is 0. The van der Waals surface area contributed by atoms with E-state index in [0.717, 1.165) is 12.8 Å². The van der Waals surface area contributed by atoms with E-state index in [-0.39, 0.29) is 12.3 Å². The van der Waals surface area contributed by atoms with Gasteiger partial charge in [0.05, 0.1) is 7.11 Å². The third kappa shape index (κ3) is 1.63. The maximum Gasteiger partial charge on any atom is 0.412 e. The molecule has 1 saturated heterocycles. The van der Waals surface area contributed by atoms with Crippen molar-refractivity contribution in [3.63, 3.8) is 0 Å². The molecule has 5 nitrogen and oxygen atoms in total. The van der Waals surface area contributed by atoms with Crippen LogP contribution in [-0.4, -0.2) is 30.9 Å². The summed E-state index contributed by atoms with van der Waals surface area (Å²) in [5.74, 6) is 0.591. The molecule has 2 rings (SSSR count). The van der Waals surface area contributed by atoms with Crippen molar-refractivity contribution < 1.29 is 14.3 Å². The summed E-state index contributed by atoms with van der Waals surface area (Å²) in [6.45, 7) is 0.633. The lowest BCUT2D eigenvalue weighted by Gasteiger charge is -2.29. The highest BCUT2D eigenvalue weighted by atomic mass is 16.6. The second-order valence-corrected chi connectivity index (χ2v) is 3.64. The highest BCUT2D eigenvalue weighted by molar-refractivity contribution is 5.68. The Kier molecular flexibility index (Phi) is 2.50. The Morgan fingerprint density at radius 2 is 2.60 bits per heavy atom. The number of hydrogen-bond donors (Lipinski definition) is 0. The SMILES string of the molecule is COC(=O)N1CC[C@@H]2CC=C(C#N)O[C@@H]21. The Hall–Kier alpha value is -1.70. The lowest BCUT2D eigenvalue weighted by molar-refractivity contribution is -0.0190. The Labute approximate surface area is 87.9 Å². The molecule has 0 aromatic carbocycles. The van der Waals surface area contributed by atoms with Gasteiger partial charge in [0.1, 0.15) is 6.07 Å². The van der Waals surface area contributed by atoms with Gasteiger partial charge in [0.25, 0.3) is 0 Å². The number of allylic oxidation sites excluding steroid dienone is 2. The lowest BCUT2D eigenvalue weighted by atomic mass is 10.0. The van der Waals surface area contributed by atoms with Crippen molar-refractivity contribution in [2.24, 2.45) is 5.92 Å². The maximum atomic E-state index is 11.4. The van der Waals surface area contributed by atoms with Crippen LogP contribution in [0.15, 0.2) is 11.8 Å². The number of carbonyl (C=O) groups excluding carboxylic acids is 1. The van der Waals surface area contributed by atoms with E-state index in [0.29, 0.717) is 18.2 Å². The van der Waals surface area contributed by atoms with E-state index in [1.54, 1.807) is 6.08 Å². The summed E-state index contributed by atoms with van der Waals surface area (Å²) in [7, 11) is 1.35. The van der Waals surface area contributed by atoms with Crippen LogP contribution in [0.3, 0.4) is 0 Å². The van der Waals surface area contributed by atoms with Gasteiger partial charge >= 0.3 is 6.09 Å². The van der Waals surface area contributed by atoms with Crippen LogP contribution in [0.4, 0.5) is 4.79 Å². The van der Waals surface area contributed by atoms with Gasteiger partial charge in [0, 0.05) is 12.5 Å². The summed E-state index contributed by atoms with van der Waals surface area (Å²) in [4.78, 5) is 12.9. The molecule has 1 fully saturated rings. The van der Waals surface area contributed by atoms with Gasteiger partial charge in [-0.25, -0.2) is 4.79 Å². The molecule has 5 heteroatoms. The second-order valence-electron chi connectivity index (χ2n) is 3.64. The predicted octanol–water partition coefficient (Wildman–Crippen LogP) is 1.23. The molecule has 2 aliphatic heterocycles. The minimum atomic E-state index is -0.387. The first-order valence-electron chi connectivity index (χ1n) is 4.87. The van der Waals surface area contributed by atoms with Gasteiger partial charge in [0.2, 0.25) is 0 Å². The standard InChI is InChI=1S/C10H12N2O3/c1-14-10(13)12-5-4-7-2-3-8(6-11)15-9(7)12/h3,7,9H,2,4-5H2,1H3/t7-,9-/m0/s1. The highest BCUT2D eigenvalue weighted by Gasteiger charge is 2.41. The Bertz CT molecular complexity index is 345. The first kappa shape index (κ1) is 9.84. The number of likely N-dealkylation sites (tertiary alicyclic amines) is 1. The van der Waals surface area contributed by atoms with Crippen molar-refractivity contribution in [1.82, 2.24) is 4.90 Å². The van der Waals surface area contributed by atoms with E-state index in [4.69, 9.17) is 10.00 Å². The molecule has 0 radical (unpaired) electrons. The monoisotopic (exact) mass is 208 g/mol. The van der Waals surface area contributed by atoms with Gasteiger partial charge in [-0.1, -0.05) is 0 Å². The molecule has 2 heterocycles. The maximum absolute atomic E-state index is 11.4. The van der Waals surface area contributed by atoms with Crippen LogP contribution in [0, 0.1) is 17.2 Å². The number of nitriles is 1. The molecule has 2 aliphatic rings. The third-order valence-electron chi connectivity index (χ3n) is 2.82. The van der Waals surface area contributed by atoms with Gasteiger partial charge in [-0.2, -0.15) is 5.26 Å². The molecule has 80 valence electrons. The molecular formula is C10H12N2O3. The summed E-state index contributed by atoms with van der Waals surface area (Å²) in [5, 5.41) is 8.72. The molecule has 0 unspecified atom stereocenters. The fourth-order valence-electron chi connectivity index (χ4n) is 2.04. The van der Waals surface area contributed by atoms with Crippen LogP contribution >= 0.6 is 0 Å². The van der Waals surface area contributed by atoms with Gasteiger partial charge in [-0.15, -0.1) is 0 Å². The van der Waals surface area contributed by atoms with Gasteiger partial charge in [-0.05, 0) is 18.9 Å². The summed E-state index contributed by atoms with van der Waals surface area (Å²) in [6.07, 6.45) is 2.76. The van der Waals surface area contributed by atoms with Crippen LogP contribution in [0.2, 0.25) is 0 Å². The van der Waals surface area contributed by atoms with E-state index in [2.05, 4.69) is 4.74 Å². The normalized spacial score (nSPS) is 28.5. The molecule has 15 heavy (non-hydrogen) atoms. The molecule has 0 aromatic rings. The van der Waals surface area contributed by atoms with Crippen LogP contribution < -0.4 is 0 Å². The van der Waals surface area contributed by atoms with Crippen molar-refractivity contribution in [3.8, 4) is 6.07 Å². The molecule has 0 aromatic heterocycles. The van der Waals surface area contributed by atoms with E-state index in [9.17, 15) is 4.79 Å². The van der Waals surface area contributed by atoms with E-state index < -0.39 is 0 Å². The Balaban J connectivity index is 2.12. The summed E-state index contributed by atoms with van der Waals surface area (Å²) in [6, 6.07) is 1.95. The first-order valence-corrected chi connectivity index (χ1v) is 4.87. The average molecular weight is 208 g/mol. The fourth-order valence-corrected chi connectivity index (χ4v) is 2.04. The van der Waals surface area contributed by atoms with Gasteiger partial charge in [-0.3, -0.25) is 4.90 Å². The third-order valence-corrected chi connectivity index (χ3v) is 2.82. The van der Waals surface area contributed by atoms with Crippen LogP contribution in [-0.2, 0) is 9.47 Å². The van der Waals surface area contributed by atoms with Crippen molar-refractivity contribution >= 4 is 6.09 Å². The zero-order valence-corrected chi connectivity index (χ0v) is 8.47. The topological polar surface area (TPSA) is 62.6 Å². The number of carbonyl (C=O) groups is 1. The van der Waals surface area contributed by atoms with Crippen LogP contribution in [0.1, 0.15) is 12.8 Å². The largest absolute Gasteiger partial charge is 0.460 e. The molecule has 1 amide bonds. The van der Waals surface area contributed by atoms with Crippen molar-refractivity contribution in [2.75, 3.05) is 13.7 Å². The minimum Gasteiger partial charge on any atom is -0.460 e. The molecular weight excluding hydrogens is 196 g/mol. The number of ether oxygens (including phenoxy) is 2. The number of hydrogen-bond acceptors (Lipinski definition) is 4. The first-order chi connectivity index (χ1) is 7.26. The number of fused-ring (bicyclic) bond motifs is 1. The smallest absolute Gasteiger partial charge is 0.412 e. The molecule has 0 saturated carbocycles. The molecule has 0 N–H and O–H groups in total. The van der Waals surface area contributed by atoms with E-state index in [1.807, 2.05) is 6.07 Å². The highest BCUT2D eigenvalue weighted by Crippen LogP contribution is 2.33. The number of methoxy groups -OCH3 is 1. The molecule has 0 bridgehead atoms. The Morgan fingerprint density at radius 1 is 1.80 bits per heavy atom. The number of amides is 1. The summed E-state index contributed by atoms with van der Waals surface area (Å²) in [5.41, 5.74) is 0. The van der Waals surface area contributed by atoms with E-state index in [1.165, 1.54) is 12.0 Å². The van der Waals surface area contributed by atoms with Gasteiger partial charge in [0.15, 0.2) is 12.0 Å². The van der Waals surface area contributed by atoms with Gasteiger partial charge < -0.3 is 9.47 Å². The minimum absolute atomic E-state index is 0.293. The zero-order valence-electron chi connectivity index (χ0n) is 8.47. The average Bonchev–Trinajstić information content (AvgIpc) is 2.70. The van der Waals surface area contributed by atoms with Crippen LogP contribution in [0.25, 0.3) is 0 Å². The zero-order chi connectivity index (χ0) is 10.8. The van der Waals surface area contributed by atoms with Crippen LogP contribution in [0.5, 0.6) is 0 Å². The van der Waals surface area contributed by atoms with Crippen molar-refractivity contribution in [2.45, 2.75) is 19.1 Å². The molecule has 0 spiro atoms. The molecule has 2 atom stereocenters. The summed E-state index contributed by atoms with van der Waals surface area (Å²) < 4.78 is 10.1. The van der Waals surface area contributed by atoms with Crippen molar-refractivity contribution in [1.29, 1.82) is 5.26 Å².